The van der Waals surface area contributed by atoms with E-state index >= 15 is 0 Å². The minimum atomic E-state index is 0.396. The lowest BCUT2D eigenvalue weighted by Gasteiger charge is -2.34. The summed E-state index contributed by atoms with van der Waals surface area (Å²) in [5.74, 6) is 0. The van der Waals surface area contributed by atoms with Gasteiger partial charge in [-0.15, -0.1) is 0 Å². The molecule has 0 radical (unpaired) electrons. The van der Waals surface area contributed by atoms with Crippen molar-refractivity contribution in [3.8, 4) is 0 Å². The monoisotopic (exact) mass is 276 g/mol. The lowest BCUT2D eigenvalue weighted by atomic mass is 10.0. The number of nitrogens with zero attached hydrogens (tertiary/aromatic N) is 1. The van der Waals surface area contributed by atoms with E-state index in [9.17, 15) is 0 Å². The van der Waals surface area contributed by atoms with Crippen LogP contribution in [-0.2, 0) is 11.2 Å². The second-order valence-electron chi connectivity index (χ2n) is 5.73. The highest BCUT2D eigenvalue weighted by atomic mass is 16.5. The topological polar surface area (TPSA) is 38.5 Å². The number of benzene rings is 1. The first-order valence-corrected chi connectivity index (χ1v) is 7.90. The molecule has 3 nitrogen and oxygen atoms in total. The molecule has 1 fully saturated rings. The maximum atomic E-state index is 5.92. The molecule has 2 rings (SSSR count). The number of hydrogen-bond donors (Lipinski definition) is 1. The summed E-state index contributed by atoms with van der Waals surface area (Å²) in [4.78, 5) is 2.46. The molecule has 1 heterocycles. The third kappa shape index (κ3) is 3.97. The van der Waals surface area contributed by atoms with E-state index in [4.69, 9.17) is 10.5 Å². The van der Waals surface area contributed by atoms with Crippen LogP contribution >= 0.6 is 0 Å². The quantitative estimate of drug-likeness (QED) is 0.868. The van der Waals surface area contributed by atoms with Gasteiger partial charge < -0.3 is 15.4 Å². The summed E-state index contributed by atoms with van der Waals surface area (Å²) in [7, 11) is 0. The Morgan fingerprint density at radius 3 is 2.95 bits per heavy atom. The number of anilines is 1. The molecule has 1 atom stereocenters. The zero-order valence-electron chi connectivity index (χ0n) is 12.9. The zero-order chi connectivity index (χ0) is 14.4. The molecule has 0 aromatic heterocycles. The van der Waals surface area contributed by atoms with Crippen molar-refractivity contribution in [1.29, 1.82) is 0 Å². The molecule has 1 unspecified atom stereocenters. The summed E-state index contributed by atoms with van der Waals surface area (Å²) in [6, 6.07) is 6.77. The Hall–Kier alpha value is -1.06. The summed E-state index contributed by atoms with van der Waals surface area (Å²) >= 11 is 0. The van der Waals surface area contributed by atoms with Crippen molar-refractivity contribution >= 4 is 5.69 Å². The van der Waals surface area contributed by atoms with Gasteiger partial charge in [-0.25, -0.2) is 0 Å². The van der Waals surface area contributed by atoms with E-state index in [0.717, 1.165) is 39.1 Å². The fourth-order valence-electron chi connectivity index (χ4n) is 2.91. The number of rotatable bonds is 6. The predicted octanol–water partition coefficient (Wildman–Crippen LogP) is 2.89. The van der Waals surface area contributed by atoms with Crippen molar-refractivity contribution in [3.05, 3.63) is 29.3 Å². The van der Waals surface area contributed by atoms with Crippen LogP contribution in [0.1, 0.15) is 37.3 Å². The van der Waals surface area contributed by atoms with Crippen LogP contribution in [0.3, 0.4) is 0 Å². The van der Waals surface area contributed by atoms with Crippen LogP contribution in [0.25, 0.3) is 0 Å². The maximum Gasteiger partial charge on any atom is 0.0750 e. The summed E-state index contributed by atoms with van der Waals surface area (Å²) < 4.78 is 5.92. The van der Waals surface area contributed by atoms with Crippen molar-refractivity contribution in [3.63, 3.8) is 0 Å². The molecule has 3 heteroatoms. The molecule has 20 heavy (non-hydrogen) atoms. The molecule has 0 spiro atoms. The first-order valence-electron chi connectivity index (χ1n) is 7.90. The molecule has 1 saturated heterocycles. The third-order valence-corrected chi connectivity index (χ3v) is 4.04. The van der Waals surface area contributed by atoms with Gasteiger partial charge in [0.15, 0.2) is 0 Å². The fourth-order valence-corrected chi connectivity index (χ4v) is 2.91. The second kappa shape index (κ2) is 7.65. The van der Waals surface area contributed by atoms with Gasteiger partial charge in [-0.05, 0) is 62.4 Å². The molecule has 0 saturated carbocycles. The Morgan fingerprint density at radius 2 is 2.25 bits per heavy atom. The Balaban J connectivity index is 2.01. The highest BCUT2D eigenvalue weighted by Crippen LogP contribution is 2.24. The summed E-state index contributed by atoms with van der Waals surface area (Å²) in [6.45, 7) is 8.12. The van der Waals surface area contributed by atoms with Crippen molar-refractivity contribution in [2.75, 3.05) is 31.1 Å². The van der Waals surface area contributed by atoms with Crippen LogP contribution in [0.5, 0.6) is 0 Å². The van der Waals surface area contributed by atoms with Gasteiger partial charge in [0, 0.05) is 25.4 Å². The van der Waals surface area contributed by atoms with Gasteiger partial charge >= 0.3 is 0 Å². The molecule has 0 amide bonds. The average Bonchev–Trinajstić information content (AvgIpc) is 2.48. The number of ether oxygens (including phenoxy) is 1. The van der Waals surface area contributed by atoms with Crippen LogP contribution in [0.4, 0.5) is 5.69 Å². The van der Waals surface area contributed by atoms with E-state index in [2.05, 4.69) is 36.9 Å². The van der Waals surface area contributed by atoms with Gasteiger partial charge in [0.05, 0.1) is 6.10 Å². The van der Waals surface area contributed by atoms with Gasteiger partial charge in [0.1, 0.15) is 0 Å². The van der Waals surface area contributed by atoms with Gasteiger partial charge in [-0.2, -0.15) is 0 Å². The first-order chi connectivity index (χ1) is 9.74. The van der Waals surface area contributed by atoms with Crippen molar-refractivity contribution in [2.24, 2.45) is 5.73 Å². The van der Waals surface area contributed by atoms with Crippen LogP contribution in [0, 0.1) is 6.92 Å². The highest BCUT2D eigenvalue weighted by Gasteiger charge is 2.20. The maximum absolute atomic E-state index is 5.92. The van der Waals surface area contributed by atoms with E-state index in [1.54, 1.807) is 0 Å². The molecule has 0 bridgehead atoms. The molecular weight excluding hydrogens is 248 g/mol. The van der Waals surface area contributed by atoms with E-state index in [1.165, 1.54) is 29.7 Å². The smallest absolute Gasteiger partial charge is 0.0750 e. The van der Waals surface area contributed by atoms with Crippen molar-refractivity contribution < 1.29 is 4.74 Å². The van der Waals surface area contributed by atoms with E-state index in [0.29, 0.717) is 6.10 Å². The normalized spacial score (nSPS) is 19.4. The first kappa shape index (κ1) is 15.3. The van der Waals surface area contributed by atoms with Gasteiger partial charge in [0.25, 0.3) is 0 Å². The molecule has 112 valence electrons. The molecule has 1 aliphatic rings. The number of aryl methyl sites for hydroxylation is 1. The van der Waals surface area contributed by atoms with Crippen LogP contribution in [0.15, 0.2) is 18.2 Å². The third-order valence-electron chi connectivity index (χ3n) is 4.04. The Labute approximate surface area is 123 Å². The van der Waals surface area contributed by atoms with Gasteiger partial charge in [0.2, 0.25) is 0 Å². The van der Waals surface area contributed by atoms with E-state index in [1.807, 2.05) is 0 Å². The number of piperidine rings is 1. The van der Waals surface area contributed by atoms with Crippen molar-refractivity contribution in [1.82, 2.24) is 0 Å². The second-order valence-corrected chi connectivity index (χ2v) is 5.73. The Morgan fingerprint density at radius 1 is 1.40 bits per heavy atom. The zero-order valence-corrected chi connectivity index (χ0v) is 12.9. The number of nitrogens with two attached hydrogens (primary N) is 1. The summed E-state index contributed by atoms with van der Waals surface area (Å²) in [6.07, 6.45) is 4.88. The fraction of sp³-hybridized carbons (Fsp3) is 0.647. The van der Waals surface area contributed by atoms with Gasteiger partial charge in [-0.1, -0.05) is 13.0 Å². The summed E-state index contributed by atoms with van der Waals surface area (Å²) in [5.41, 5.74) is 9.69. The Kier molecular flexibility index (Phi) is 5.86. The lowest BCUT2D eigenvalue weighted by Crippen LogP contribution is -2.39. The number of hydrogen-bond acceptors (Lipinski definition) is 3. The summed E-state index contributed by atoms with van der Waals surface area (Å²) in [5, 5.41) is 0. The molecule has 1 aromatic carbocycles. The average molecular weight is 276 g/mol. The highest BCUT2D eigenvalue weighted by molar-refractivity contribution is 5.51. The largest absolute Gasteiger partial charge is 0.376 e. The minimum absolute atomic E-state index is 0.396. The SMILES string of the molecule is CCCOC1CCCN(c2ccc(CCN)c(C)c2)C1. The molecule has 1 aliphatic heterocycles. The van der Waals surface area contributed by atoms with E-state index < -0.39 is 0 Å². The Bertz CT molecular complexity index is 419. The van der Waals surface area contributed by atoms with Crippen LogP contribution in [-0.4, -0.2) is 32.3 Å². The standard InChI is InChI=1S/C17H28N2O/c1-3-11-20-17-5-4-10-19(13-17)16-7-6-15(8-9-18)14(2)12-16/h6-7,12,17H,3-5,8-11,13,18H2,1-2H3. The lowest BCUT2D eigenvalue weighted by molar-refractivity contribution is 0.0440. The van der Waals surface area contributed by atoms with E-state index in [-0.39, 0.29) is 0 Å². The molecule has 2 N–H and O–H groups in total. The van der Waals surface area contributed by atoms with Gasteiger partial charge in [-0.3, -0.25) is 0 Å². The molecule has 0 aliphatic carbocycles. The van der Waals surface area contributed by atoms with Crippen LogP contribution in [0.2, 0.25) is 0 Å². The molecular formula is C17H28N2O. The van der Waals surface area contributed by atoms with Crippen LogP contribution < -0.4 is 10.6 Å². The van der Waals surface area contributed by atoms with Crippen molar-refractivity contribution in [2.45, 2.75) is 45.6 Å². The minimum Gasteiger partial charge on any atom is -0.376 e. The predicted molar refractivity (Wildman–Crippen MR) is 85.4 cm³/mol. The molecule has 1 aromatic rings.